The molecule has 0 bridgehead atoms. The van der Waals surface area contributed by atoms with Crippen molar-refractivity contribution in [2.45, 2.75) is 27.2 Å². The number of nitrogen functional groups attached to an aromatic ring is 1. The summed E-state index contributed by atoms with van der Waals surface area (Å²) in [7, 11) is 0. The molecule has 0 saturated carbocycles. The third-order valence-electron chi connectivity index (χ3n) is 3.04. The van der Waals surface area contributed by atoms with Crippen molar-refractivity contribution in [3.63, 3.8) is 0 Å². The number of nitrogens with two attached hydrogens (primary N) is 1. The maximum atomic E-state index is 11.6. The van der Waals surface area contributed by atoms with Gasteiger partial charge in [0.15, 0.2) is 0 Å². The Labute approximate surface area is 128 Å². The Kier molecular flexibility index (Phi) is 5.01. The van der Waals surface area contributed by atoms with Crippen LogP contribution in [0.25, 0.3) is 10.2 Å². The van der Waals surface area contributed by atoms with E-state index >= 15 is 0 Å². The Morgan fingerprint density at radius 2 is 2.19 bits per heavy atom. The lowest BCUT2D eigenvalue weighted by Gasteiger charge is -2.10. The number of thiazole rings is 1. The monoisotopic (exact) mass is 306 g/mol. The molecule has 0 radical (unpaired) electrons. The van der Waals surface area contributed by atoms with Crippen molar-refractivity contribution in [2.24, 2.45) is 5.92 Å². The summed E-state index contributed by atoms with van der Waals surface area (Å²) < 4.78 is 1.09. The summed E-state index contributed by atoms with van der Waals surface area (Å²) in [5.74, 6) is 0.521. The highest BCUT2D eigenvalue weighted by molar-refractivity contribution is 7.18. The van der Waals surface area contributed by atoms with Crippen molar-refractivity contribution in [3.05, 3.63) is 17.1 Å². The Bertz CT molecular complexity index is 636. The lowest BCUT2D eigenvalue weighted by molar-refractivity contribution is -0.120. The molecule has 0 saturated heterocycles. The highest BCUT2D eigenvalue weighted by Crippen LogP contribution is 2.29. The fourth-order valence-corrected chi connectivity index (χ4v) is 2.83. The highest BCUT2D eigenvalue weighted by atomic mass is 32.1. The van der Waals surface area contributed by atoms with Gasteiger partial charge >= 0.3 is 0 Å². The quantitative estimate of drug-likeness (QED) is 0.717. The van der Waals surface area contributed by atoms with Gasteiger partial charge in [-0.05, 0) is 25.0 Å². The number of aryl methyl sites for hydroxylation is 1. The number of nitrogens with one attached hydrogen (secondary N) is 2. The zero-order valence-electron chi connectivity index (χ0n) is 12.7. The lowest BCUT2D eigenvalue weighted by atomic mass is 10.2. The molecule has 0 aliphatic rings. The largest absolute Gasteiger partial charge is 0.397 e. The molecular weight excluding hydrogens is 284 g/mol. The predicted octanol–water partition coefficient (Wildman–Crippen LogP) is 2.76. The maximum Gasteiger partial charge on any atom is 0.221 e. The number of amides is 1. The van der Waals surface area contributed by atoms with Crippen LogP contribution < -0.4 is 16.4 Å². The van der Waals surface area contributed by atoms with Crippen molar-refractivity contribution >= 4 is 38.8 Å². The van der Waals surface area contributed by atoms with Crippen LogP contribution in [0.2, 0.25) is 0 Å². The zero-order valence-corrected chi connectivity index (χ0v) is 13.5. The van der Waals surface area contributed by atoms with Gasteiger partial charge in [-0.25, -0.2) is 4.98 Å². The van der Waals surface area contributed by atoms with Gasteiger partial charge in [-0.3, -0.25) is 4.79 Å². The standard InChI is InChI=1S/C15H22N4OS/c1-9(2)8-18-15(20)4-5-17-12-7-13-14(6-11(12)16)21-10(3)19-13/h6-7,9,17H,4-5,8,16H2,1-3H3,(H,18,20). The van der Waals surface area contributed by atoms with Crippen LogP contribution in [0.1, 0.15) is 25.3 Å². The first kappa shape index (κ1) is 15.6. The van der Waals surface area contributed by atoms with E-state index in [4.69, 9.17) is 5.73 Å². The van der Waals surface area contributed by atoms with Crippen LogP contribution >= 0.6 is 11.3 Å². The van der Waals surface area contributed by atoms with Crippen molar-refractivity contribution in [2.75, 3.05) is 24.1 Å². The van der Waals surface area contributed by atoms with Gasteiger partial charge in [-0.1, -0.05) is 13.8 Å². The van der Waals surface area contributed by atoms with Gasteiger partial charge < -0.3 is 16.4 Å². The Morgan fingerprint density at radius 3 is 2.90 bits per heavy atom. The molecule has 0 spiro atoms. The average molecular weight is 306 g/mol. The summed E-state index contributed by atoms with van der Waals surface area (Å²) in [6.45, 7) is 7.40. The van der Waals surface area contributed by atoms with Gasteiger partial charge in [0, 0.05) is 19.5 Å². The van der Waals surface area contributed by atoms with E-state index in [1.54, 1.807) is 11.3 Å². The number of hydrogen-bond donors (Lipinski definition) is 3. The van der Waals surface area contributed by atoms with Crippen LogP contribution in [0.15, 0.2) is 12.1 Å². The molecule has 1 amide bonds. The third-order valence-corrected chi connectivity index (χ3v) is 3.98. The topological polar surface area (TPSA) is 80.0 Å². The first-order valence-corrected chi connectivity index (χ1v) is 7.94. The molecule has 0 atom stereocenters. The van der Waals surface area contributed by atoms with E-state index in [0.717, 1.165) is 20.9 Å². The number of nitrogens with zero attached hydrogens (tertiary/aromatic N) is 1. The molecule has 5 nitrogen and oxygen atoms in total. The summed E-state index contributed by atoms with van der Waals surface area (Å²) in [5, 5.41) is 7.13. The predicted molar refractivity (Wildman–Crippen MR) is 89.7 cm³/mol. The number of aromatic nitrogens is 1. The van der Waals surface area contributed by atoms with E-state index < -0.39 is 0 Å². The number of fused-ring (bicyclic) bond motifs is 1. The first-order valence-electron chi connectivity index (χ1n) is 7.13. The van der Waals surface area contributed by atoms with Crippen LogP contribution in [0.3, 0.4) is 0 Å². The fraction of sp³-hybridized carbons (Fsp3) is 0.467. The molecule has 1 aromatic carbocycles. The van der Waals surface area contributed by atoms with Crippen LogP contribution in [-0.2, 0) is 4.79 Å². The normalized spacial score (nSPS) is 11.0. The minimum atomic E-state index is 0.0559. The summed E-state index contributed by atoms with van der Waals surface area (Å²) in [6.07, 6.45) is 0.431. The van der Waals surface area contributed by atoms with Gasteiger partial charge in [0.1, 0.15) is 0 Å². The second-order valence-electron chi connectivity index (χ2n) is 5.51. The van der Waals surface area contributed by atoms with E-state index in [-0.39, 0.29) is 5.91 Å². The number of carbonyl (C=O) groups excluding carboxylic acids is 1. The molecule has 2 rings (SSSR count). The fourth-order valence-electron chi connectivity index (χ4n) is 1.97. The Hall–Kier alpha value is -1.82. The second kappa shape index (κ2) is 6.76. The van der Waals surface area contributed by atoms with E-state index in [1.165, 1.54) is 0 Å². The molecule has 4 N–H and O–H groups in total. The second-order valence-corrected chi connectivity index (χ2v) is 6.75. The molecule has 114 valence electrons. The van der Waals surface area contributed by atoms with Crippen molar-refractivity contribution in [1.29, 1.82) is 0 Å². The van der Waals surface area contributed by atoms with Crippen LogP contribution in [0.5, 0.6) is 0 Å². The van der Waals surface area contributed by atoms with Crippen LogP contribution in [0, 0.1) is 12.8 Å². The lowest BCUT2D eigenvalue weighted by Crippen LogP contribution is -2.28. The van der Waals surface area contributed by atoms with Gasteiger partial charge in [0.2, 0.25) is 5.91 Å². The molecule has 1 aromatic heterocycles. The smallest absolute Gasteiger partial charge is 0.221 e. The van der Waals surface area contributed by atoms with Crippen molar-refractivity contribution in [1.82, 2.24) is 10.3 Å². The number of carbonyl (C=O) groups is 1. The van der Waals surface area contributed by atoms with Crippen LogP contribution in [-0.4, -0.2) is 24.0 Å². The maximum absolute atomic E-state index is 11.6. The molecule has 21 heavy (non-hydrogen) atoms. The number of rotatable bonds is 6. The Morgan fingerprint density at radius 1 is 1.43 bits per heavy atom. The third kappa shape index (κ3) is 4.32. The molecule has 0 fully saturated rings. The average Bonchev–Trinajstić information content (AvgIpc) is 2.75. The molecule has 0 aliphatic heterocycles. The summed E-state index contributed by atoms with van der Waals surface area (Å²) in [5.41, 5.74) is 8.50. The number of anilines is 2. The highest BCUT2D eigenvalue weighted by Gasteiger charge is 2.07. The zero-order chi connectivity index (χ0) is 15.4. The first-order chi connectivity index (χ1) is 9.95. The van der Waals surface area contributed by atoms with Gasteiger partial charge in [0.25, 0.3) is 0 Å². The number of hydrogen-bond acceptors (Lipinski definition) is 5. The Balaban J connectivity index is 1.91. The molecule has 0 unspecified atom stereocenters. The summed E-state index contributed by atoms with van der Waals surface area (Å²) in [6, 6.07) is 3.88. The van der Waals surface area contributed by atoms with Gasteiger partial charge in [0.05, 0.1) is 26.6 Å². The van der Waals surface area contributed by atoms with E-state index in [0.29, 0.717) is 31.1 Å². The summed E-state index contributed by atoms with van der Waals surface area (Å²) >= 11 is 1.63. The van der Waals surface area contributed by atoms with Crippen molar-refractivity contribution in [3.8, 4) is 0 Å². The molecule has 2 aromatic rings. The van der Waals surface area contributed by atoms with E-state index in [2.05, 4.69) is 29.5 Å². The minimum absolute atomic E-state index is 0.0559. The summed E-state index contributed by atoms with van der Waals surface area (Å²) in [4.78, 5) is 16.1. The van der Waals surface area contributed by atoms with E-state index in [9.17, 15) is 4.79 Å². The molecule has 0 aliphatic carbocycles. The van der Waals surface area contributed by atoms with Crippen LogP contribution in [0.4, 0.5) is 11.4 Å². The molecule has 1 heterocycles. The van der Waals surface area contributed by atoms with Gasteiger partial charge in [-0.2, -0.15) is 0 Å². The van der Waals surface area contributed by atoms with Crippen molar-refractivity contribution < 1.29 is 4.79 Å². The SMILES string of the molecule is Cc1nc2cc(NCCC(=O)NCC(C)C)c(N)cc2s1. The van der Waals surface area contributed by atoms with Gasteiger partial charge in [-0.15, -0.1) is 11.3 Å². The number of benzene rings is 1. The molecule has 6 heteroatoms. The van der Waals surface area contributed by atoms with E-state index in [1.807, 2.05) is 19.1 Å². The molecular formula is C15H22N4OS. The minimum Gasteiger partial charge on any atom is -0.397 e.